The molecule has 1 rings (SSSR count). The molecule has 0 fully saturated rings. The van der Waals surface area contributed by atoms with E-state index in [1.807, 2.05) is 0 Å². The highest BCUT2D eigenvalue weighted by molar-refractivity contribution is 7.99. The molecule has 1 aromatic rings. The number of aromatic nitrogens is 2. The van der Waals surface area contributed by atoms with E-state index in [2.05, 4.69) is 4.98 Å². The van der Waals surface area contributed by atoms with Gasteiger partial charge in [-0.15, -0.1) is 11.6 Å². The van der Waals surface area contributed by atoms with Crippen LogP contribution in [0.2, 0.25) is 0 Å². The maximum atomic E-state index is 10.7. The molecule has 0 atom stereocenters. The summed E-state index contributed by atoms with van der Waals surface area (Å²) in [5, 5.41) is 11.3. The maximum absolute atomic E-state index is 10.7. The zero-order valence-corrected chi connectivity index (χ0v) is 10.1. The minimum Gasteiger partial charge on any atom is -0.358 e. The van der Waals surface area contributed by atoms with Crippen LogP contribution in [0.5, 0.6) is 0 Å². The lowest BCUT2D eigenvalue weighted by Crippen LogP contribution is -1.96. The molecule has 0 unspecified atom stereocenters. The molecule has 0 aliphatic heterocycles. The van der Waals surface area contributed by atoms with Crippen LogP contribution < -0.4 is 0 Å². The number of halogens is 1. The molecule has 0 saturated heterocycles. The first-order valence-electron chi connectivity index (χ1n) is 4.44. The van der Waals surface area contributed by atoms with Crippen LogP contribution in [0.4, 0.5) is 5.82 Å². The van der Waals surface area contributed by atoms with E-state index in [0.29, 0.717) is 16.7 Å². The van der Waals surface area contributed by atoms with E-state index in [0.717, 1.165) is 12.2 Å². The average Bonchev–Trinajstić information content (AvgIpc) is 2.46. The van der Waals surface area contributed by atoms with Crippen molar-refractivity contribution in [3.8, 4) is 0 Å². The topological polar surface area (TPSA) is 61.0 Å². The van der Waals surface area contributed by atoms with E-state index in [9.17, 15) is 10.1 Å². The highest BCUT2D eigenvalue weighted by Crippen LogP contribution is 2.29. The Labute approximate surface area is 97.0 Å². The van der Waals surface area contributed by atoms with Gasteiger partial charge < -0.3 is 10.1 Å². The first kappa shape index (κ1) is 12.3. The highest BCUT2D eigenvalue weighted by Gasteiger charge is 2.23. The molecule has 0 N–H and O–H groups in total. The van der Waals surface area contributed by atoms with Crippen molar-refractivity contribution in [2.75, 3.05) is 11.6 Å². The third-order valence-corrected chi connectivity index (χ3v) is 3.43. The lowest BCUT2D eigenvalue weighted by atomic mass is 10.6. The molecule has 0 amide bonds. The van der Waals surface area contributed by atoms with Gasteiger partial charge in [0.25, 0.3) is 0 Å². The van der Waals surface area contributed by atoms with E-state index in [1.165, 1.54) is 11.8 Å². The number of nitro groups is 1. The molecule has 0 aliphatic rings. The lowest BCUT2D eigenvalue weighted by Gasteiger charge is -2.00. The number of aryl methyl sites for hydroxylation is 1. The summed E-state index contributed by atoms with van der Waals surface area (Å²) in [6.45, 7) is 1.75. The van der Waals surface area contributed by atoms with Crippen LogP contribution in [-0.2, 0) is 7.05 Å². The van der Waals surface area contributed by atoms with Gasteiger partial charge in [0, 0.05) is 25.6 Å². The Balaban J connectivity index is 2.88. The third-order valence-electron chi connectivity index (χ3n) is 1.94. The molecule has 0 saturated carbocycles. The van der Waals surface area contributed by atoms with Gasteiger partial charge >= 0.3 is 5.82 Å². The highest BCUT2D eigenvalue weighted by atomic mass is 35.5. The second-order valence-electron chi connectivity index (χ2n) is 2.99. The number of hydrogen-bond donors (Lipinski definition) is 0. The van der Waals surface area contributed by atoms with Gasteiger partial charge in [-0.3, -0.25) is 4.57 Å². The van der Waals surface area contributed by atoms with Crippen LogP contribution in [0.3, 0.4) is 0 Å². The number of thioether (sulfide) groups is 1. The van der Waals surface area contributed by atoms with Crippen LogP contribution in [0, 0.1) is 17.0 Å². The van der Waals surface area contributed by atoms with Crippen LogP contribution in [-0.4, -0.2) is 26.1 Å². The summed E-state index contributed by atoms with van der Waals surface area (Å²) in [7, 11) is 1.78. The van der Waals surface area contributed by atoms with Gasteiger partial charge in [0.15, 0.2) is 5.03 Å². The first-order chi connectivity index (χ1) is 7.07. The SMILES string of the molecule is Cc1nc([N+](=O)[O-])c(SCCCCl)n1C. The smallest absolute Gasteiger partial charge is 0.358 e. The number of nitrogens with zero attached hydrogens (tertiary/aromatic N) is 3. The normalized spacial score (nSPS) is 10.6. The first-order valence-corrected chi connectivity index (χ1v) is 5.96. The Hall–Kier alpha value is -0.750. The fraction of sp³-hybridized carbons (Fsp3) is 0.625. The summed E-state index contributed by atoms with van der Waals surface area (Å²) in [6, 6.07) is 0. The molecule has 84 valence electrons. The number of imidazole rings is 1. The second-order valence-corrected chi connectivity index (χ2v) is 4.46. The molecule has 1 heterocycles. The summed E-state index contributed by atoms with van der Waals surface area (Å²) in [6.07, 6.45) is 0.827. The molecule has 7 heteroatoms. The van der Waals surface area contributed by atoms with Crippen molar-refractivity contribution in [2.24, 2.45) is 7.05 Å². The monoisotopic (exact) mass is 249 g/mol. The summed E-state index contributed by atoms with van der Waals surface area (Å²) in [5.74, 6) is 1.92. The minimum atomic E-state index is -0.448. The Bertz CT molecular complexity index is 367. The maximum Gasteiger partial charge on any atom is 0.396 e. The van der Waals surface area contributed by atoms with Gasteiger partial charge in [-0.05, 0) is 16.3 Å². The van der Waals surface area contributed by atoms with Gasteiger partial charge in [0.2, 0.25) is 5.82 Å². The van der Waals surface area contributed by atoms with Crippen molar-refractivity contribution < 1.29 is 4.92 Å². The van der Waals surface area contributed by atoms with Crippen LogP contribution >= 0.6 is 23.4 Å². The molecule has 15 heavy (non-hydrogen) atoms. The third kappa shape index (κ3) is 2.85. The molecular formula is C8H12ClN3O2S. The van der Waals surface area contributed by atoms with E-state index in [4.69, 9.17) is 11.6 Å². The van der Waals surface area contributed by atoms with Crippen molar-refractivity contribution in [3.05, 3.63) is 15.9 Å². The van der Waals surface area contributed by atoms with Crippen molar-refractivity contribution in [1.29, 1.82) is 0 Å². The Morgan fingerprint density at radius 2 is 2.33 bits per heavy atom. The Morgan fingerprint density at radius 1 is 1.67 bits per heavy atom. The van der Waals surface area contributed by atoms with Crippen molar-refractivity contribution >= 4 is 29.2 Å². The number of alkyl halides is 1. The summed E-state index contributed by atoms with van der Waals surface area (Å²) >= 11 is 6.97. The largest absolute Gasteiger partial charge is 0.396 e. The number of hydrogen-bond acceptors (Lipinski definition) is 4. The zero-order valence-electron chi connectivity index (χ0n) is 8.57. The Morgan fingerprint density at radius 3 is 2.87 bits per heavy atom. The summed E-state index contributed by atoms with van der Waals surface area (Å²) in [4.78, 5) is 14.2. The molecule has 0 bridgehead atoms. The van der Waals surface area contributed by atoms with Crippen molar-refractivity contribution in [1.82, 2.24) is 9.55 Å². The second kappa shape index (κ2) is 5.37. The average molecular weight is 250 g/mol. The fourth-order valence-corrected chi connectivity index (χ4v) is 2.43. The quantitative estimate of drug-likeness (QED) is 0.264. The molecule has 0 aromatic carbocycles. The molecular weight excluding hydrogens is 238 g/mol. The number of rotatable bonds is 5. The van der Waals surface area contributed by atoms with E-state index >= 15 is 0 Å². The van der Waals surface area contributed by atoms with Crippen LogP contribution in [0.15, 0.2) is 5.03 Å². The molecule has 0 radical (unpaired) electrons. The molecule has 5 nitrogen and oxygen atoms in total. The Kier molecular flexibility index (Phi) is 4.41. The van der Waals surface area contributed by atoms with E-state index in [-0.39, 0.29) is 5.82 Å². The molecule has 0 spiro atoms. The van der Waals surface area contributed by atoms with Crippen LogP contribution in [0.25, 0.3) is 0 Å². The standard InChI is InChI=1S/C8H12ClN3O2S/c1-6-10-7(12(13)14)8(11(6)2)15-5-3-4-9/h3-5H2,1-2H3. The summed E-state index contributed by atoms with van der Waals surface area (Å²) in [5.41, 5.74) is 0. The molecule has 1 aromatic heterocycles. The lowest BCUT2D eigenvalue weighted by molar-refractivity contribution is -0.392. The van der Waals surface area contributed by atoms with Gasteiger partial charge in [-0.2, -0.15) is 0 Å². The van der Waals surface area contributed by atoms with E-state index < -0.39 is 4.92 Å². The molecule has 0 aliphatic carbocycles. The van der Waals surface area contributed by atoms with E-state index in [1.54, 1.807) is 18.5 Å². The van der Waals surface area contributed by atoms with Crippen LogP contribution in [0.1, 0.15) is 12.2 Å². The predicted octanol–water partition coefficient (Wildman–Crippen LogP) is 2.36. The predicted molar refractivity (Wildman–Crippen MR) is 60.7 cm³/mol. The zero-order chi connectivity index (χ0) is 11.4. The van der Waals surface area contributed by atoms with Gasteiger partial charge in [0.1, 0.15) is 0 Å². The summed E-state index contributed by atoms with van der Waals surface area (Å²) < 4.78 is 1.73. The van der Waals surface area contributed by atoms with Crippen molar-refractivity contribution in [2.45, 2.75) is 18.4 Å². The van der Waals surface area contributed by atoms with Gasteiger partial charge in [-0.1, -0.05) is 11.8 Å². The van der Waals surface area contributed by atoms with Crippen molar-refractivity contribution in [3.63, 3.8) is 0 Å². The van der Waals surface area contributed by atoms with Gasteiger partial charge in [-0.25, -0.2) is 0 Å². The fourth-order valence-electron chi connectivity index (χ4n) is 1.08. The van der Waals surface area contributed by atoms with Gasteiger partial charge in [0.05, 0.1) is 0 Å². The minimum absolute atomic E-state index is 0.0606.